The van der Waals surface area contributed by atoms with Crippen LogP contribution in [-0.4, -0.2) is 56.6 Å². The second kappa shape index (κ2) is 7.47. The van der Waals surface area contributed by atoms with E-state index in [2.05, 4.69) is 0 Å². The molecule has 0 spiro atoms. The van der Waals surface area contributed by atoms with Gasteiger partial charge in [-0.15, -0.1) is 0 Å². The van der Waals surface area contributed by atoms with E-state index in [0.29, 0.717) is 17.1 Å². The van der Waals surface area contributed by atoms with E-state index in [1.807, 2.05) is 0 Å². The Balaban J connectivity index is 1.99. The molecule has 1 unspecified atom stereocenters. The van der Waals surface area contributed by atoms with E-state index in [1.165, 1.54) is 34.5 Å². The summed E-state index contributed by atoms with van der Waals surface area (Å²) in [7, 11) is 5.82. The zero-order chi connectivity index (χ0) is 20.5. The number of aliphatic hydroxyl groups is 1. The minimum Gasteiger partial charge on any atom is -0.507 e. The fourth-order valence-corrected chi connectivity index (χ4v) is 3.26. The number of aromatic hydroxyl groups is 1. The monoisotopic (exact) mass is 390 g/mol. The number of rotatable bonds is 6. The molecule has 1 aliphatic rings. The molecule has 0 aromatic heterocycles. The number of carbonyl (C=O) groups is 1. The maximum Gasteiger partial charge on any atom is 0.205 e. The Morgan fingerprint density at radius 2 is 1.68 bits per heavy atom. The second-order valence-corrected chi connectivity index (χ2v) is 6.35. The smallest absolute Gasteiger partial charge is 0.205 e. The van der Waals surface area contributed by atoms with Crippen LogP contribution < -0.4 is 23.7 Å². The standard InChI is InChI=1S/C20H22O8/c1-24-13-6-5-11(7-14(13)25-2)9-20(23)10-28-18-16(19(20)22)12(21)8-15(26-3)17(18)27-4/h5-8,21,23H,9-10H2,1-4H3. The molecular weight excluding hydrogens is 368 g/mol. The van der Waals surface area contributed by atoms with Gasteiger partial charge in [-0.25, -0.2) is 0 Å². The number of methoxy groups -OCH3 is 4. The summed E-state index contributed by atoms with van der Waals surface area (Å²) in [5, 5.41) is 21.3. The zero-order valence-corrected chi connectivity index (χ0v) is 16.1. The predicted molar refractivity (Wildman–Crippen MR) is 99.2 cm³/mol. The summed E-state index contributed by atoms with van der Waals surface area (Å²) in [5.74, 6) is 0.423. The Morgan fingerprint density at radius 3 is 2.29 bits per heavy atom. The van der Waals surface area contributed by atoms with Crippen LogP contribution in [0.2, 0.25) is 0 Å². The van der Waals surface area contributed by atoms with E-state index in [-0.39, 0.29) is 41.6 Å². The van der Waals surface area contributed by atoms with Gasteiger partial charge in [0.2, 0.25) is 11.5 Å². The summed E-state index contributed by atoms with van der Waals surface area (Å²) in [6.07, 6.45) is -0.0422. The summed E-state index contributed by atoms with van der Waals surface area (Å²) in [6, 6.07) is 6.33. The van der Waals surface area contributed by atoms with Gasteiger partial charge < -0.3 is 33.9 Å². The maximum absolute atomic E-state index is 13.1. The topological polar surface area (TPSA) is 104 Å². The molecule has 150 valence electrons. The first kappa shape index (κ1) is 19.6. The molecule has 2 aromatic rings. The molecule has 1 aliphatic heterocycles. The van der Waals surface area contributed by atoms with Crippen molar-refractivity contribution in [2.75, 3.05) is 35.0 Å². The van der Waals surface area contributed by atoms with Crippen molar-refractivity contribution in [3.05, 3.63) is 35.4 Å². The summed E-state index contributed by atoms with van der Waals surface area (Å²) in [6.45, 7) is -0.309. The highest BCUT2D eigenvalue weighted by atomic mass is 16.5. The Labute approximate surface area is 162 Å². The summed E-state index contributed by atoms with van der Waals surface area (Å²) in [4.78, 5) is 13.1. The molecule has 0 aliphatic carbocycles. The van der Waals surface area contributed by atoms with Gasteiger partial charge in [-0.1, -0.05) is 6.07 Å². The minimum absolute atomic E-state index is 0.0422. The fourth-order valence-electron chi connectivity index (χ4n) is 3.26. The average molecular weight is 390 g/mol. The van der Waals surface area contributed by atoms with E-state index in [9.17, 15) is 15.0 Å². The highest BCUT2D eigenvalue weighted by Gasteiger charge is 2.46. The van der Waals surface area contributed by atoms with Crippen molar-refractivity contribution < 1.29 is 38.7 Å². The van der Waals surface area contributed by atoms with E-state index < -0.39 is 11.4 Å². The van der Waals surface area contributed by atoms with Crippen molar-refractivity contribution in [2.45, 2.75) is 12.0 Å². The van der Waals surface area contributed by atoms with E-state index in [4.69, 9.17) is 23.7 Å². The molecule has 2 aromatic carbocycles. The van der Waals surface area contributed by atoms with Crippen LogP contribution in [0.25, 0.3) is 0 Å². The lowest BCUT2D eigenvalue weighted by molar-refractivity contribution is -0.00317. The van der Waals surface area contributed by atoms with Crippen molar-refractivity contribution in [3.63, 3.8) is 0 Å². The first-order valence-corrected chi connectivity index (χ1v) is 8.47. The highest BCUT2D eigenvalue weighted by Crippen LogP contribution is 2.48. The molecule has 0 amide bonds. The average Bonchev–Trinajstić information content (AvgIpc) is 2.70. The van der Waals surface area contributed by atoms with Crippen molar-refractivity contribution in [3.8, 4) is 34.5 Å². The van der Waals surface area contributed by atoms with Crippen LogP contribution >= 0.6 is 0 Å². The van der Waals surface area contributed by atoms with Gasteiger partial charge >= 0.3 is 0 Å². The number of fused-ring (bicyclic) bond motifs is 1. The van der Waals surface area contributed by atoms with Gasteiger partial charge in [0.1, 0.15) is 17.9 Å². The number of Topliss-reactive ketones (excluding diaryl/α,β-unsaturated/α-hetero) is 1. The van der Waals surface area contributed by atoms with Gasteiger partial charge in [-0.3, -0.25) is 4.79 Å². The number of benzene rings is 2. The molecule has 0 saturated heterocycles. The Bertz CT molecular complexity index is 908. The first-order valence-electron chi connectivity index (χ1n) is 8.47. The molecule has 28 heavy (non-hydrogen) atoms. The number of phenols is 1. The van der Waals surface area contributed by atoms with Crippen molar-refractivity contribution in [1.29, 1.82) is 0 Å². The van der Waals surface area contributed by atoms with Gasteiger partial charge in [0.25, 0.3) is 0 Å². The Hall–Kier alpha value is -3.13. The quantitative estimate of drug-likeness (QED) is 0.772. The molecular formula is C20H22O8. The molecule has 8 nitrogen and oxygen atoms in total. The van der Waals surface area contributed by atoms with E-state index in [1.54, 1.807) is 18.2 Å². The fraction of sp³-hybridized carbons (Fsp3) is 0.350. The third kappa shape index (κ3) is 3.16. The minimum atomic E-state index is -1.87. The molecule has 2 N–H and O–H groups in total. The molecule has 0 fully saturated rings. The normalized spacial score (nSPS) is 18.1. The largest absolute Gasteiger partial charge is 0.507 e. The SMILES string of the molecule is COc1ccc(CC2(O)COc3c(OC)c(OC)cc(O)c3C2=O)cc1OC. The number of phenolic OH excluding ortho intramolecular Hbond substituents is 1. The predicted octanol–water partition coefficient (Wildman–Crippen LogP) is 1.98. The third-order valence-corrected chi connectivity index (χ3v) is 4.65. The number of hydrogen-bond donors (Lipinski definition) is 2. The molecule has 0 bridgehead atoms. The number of hydrogen-bond acceptors (Lipinski definition) is 8. The van der Waals surface area contributed by atoms with Crippen molar-refractivity contribution >= 4 is 5.78 Å². The maximum atomic E-state index is 13.1. The molecule has 1 heterocycles. The molecule has 8 heteroatoms. The van der Waals surface area contributed by atoms with Crippen LogP contribution in [0, 0.1) is 0 Å². The van der Waals surface area contributed by atoms with E-state index in [0.717, 1.165) is 0 Å². The number of carbonyl (C=O) groups excluding carboxylic acids is 1. The Morgan fingerprint density at radius 1 is 1.00 bits per heavy atom. The number of ether oxygens (including phenoxy) is 5. The summed E-state index contributed by atoms with van der Waals surface area (Å²) in [5.41, 5.74) is -1.38. The van der Waals surface area contributed by atoms with Crippen molar-refractivity contribution in [2.24, 2.45) is 0 Å². The lowest BCUT2D eigenvalue weighted by Gasteiger charge is -2.33. The van der Waals surface area contributed by atoms with Gasteiger partial charge in [-0.2, -0.15) is 0 Å². The second-order valence-electron chi connectivity index (χ2n) is 6.35. The van der Waals surface area contributed by atoms with Crippen LogP contribution in [0.1, 0.15) is 15.9 Å². The van der Waals surface area contributed by atoms with Gasteiger partial charge in [-0.05, 0) is 17.7 Å². The van der Waals surface area contributed by atoms with Gasteiger partial charge in [0, 0.05) is 12.5 Å². The summed E-state index contributed by atoms with van der Waals surface area (Å²) < 4.78 is 26.5. The lowest BCUT2D eigenvalue weighted by atomic mass is 9.84. The van der Waals surface area contributed by atoms with E-state index >= 15 is 0 Å². The highest BCUT2D eigenvalue weighted by molar-refractivity contribution is 6.08. The zero-order valence-electron chi connectivity index (χ0n) is 16.1. The van der Waals surface area contributed by atoms with Crippen molar-refractivity contribution in [1.82, 2.24) is 0 Å². The first-order chi connectivity index (χ1) is 13.4. The molecule has 3 rings (SSSR count). The van der Waals surface area contributed by atoms with Crippen LogP contribution in [0.15, 0.2) is 24.3 Å². The Kier molecular flexibility index (Phi) is 5.24. The van der Waals surface area contributed by atoms with Gasteiger partial charge in [0.05, 0.1) is 28.4 Å². The van der Waals surface area contributed by atoms with Crippen LogP contribution in [0.3, 0.4) is 0 Å². The third-order valence-electron chi connectivity index (χ3n) is 4.65. The molecule has 1 atom stereocenters. The van der Waals surface area contributed by atoms with Crippen LogP contribution in [0.5, 0.6) is 34.5 Å². The lowest BCUT2D eigenvalue weighted by Crippen LogP contribution is -2.49. The van der Waals surface area contributed by atoms with Crippen LogP contribution in [-0.2, 0) is 6.42 Å². The molecule has 0 radical (unpaired) electrons. The summed E-state index contributed by atoms with van der Waals surface area (Å²) >= 11 is 0. The van der Waals surface area contributed by atoms with Crippen LogP contribution in [0.4, 0.5) is 0 Å². The number of ketones is 1. The molecule has 0 saturated carbocycles. The van der Waals surface area contributed by atoms with Gasteiger partial charge in [0.15, 0.2) is 28.6 Å².